The third-order valence-corrected chi connectivity index (χ3v) is 2.18. The highest BCUT2D eigenvalue weighted by atomic mass is 14.3. The molecule has 1 fully saturated rings. The second kappa shape index (κ2) is 2.34. The second-order valence-electron chi connectivity index (χ2n) is 2.74. The first kappa shape index (κ1) is 5.87. The Bertz CT molecular complexity index is 78.0. The van der Waals surface area contributed by atoms with Gasteiger partial charge in [-0.05, 0) is 24.7 Å². The molecule has 0 aromatic rings. The zero-order chi connectivity index (χ0) is 5.98. The minimum atomic E-state index is 0.861. The van der Waals surface area contributed by atoms with E-state index in [1.54, 1.807) is 0 Å². The molecule has 0 unspecified atom stereocenters. The molecule has 8 heavy (non-hydrogen) atoms. The molecule has 0 amide bonds. The highest BCUT2D eigenvalue weighted by Gasteiger charge is 2.24. The van der Waals surface area contributed by atoms with Gasteiger partial charge in [0.25, 0.3) is 0 Å². The molecule has 0 heterocycles. The number of hydrogen-bond donors (Lipinski definition) is 0. The van der Waals surface area contributed by atoms with Crippen molar-refractivity contribution in [3.05, 3.63) is 12.7 Å². The van der Waals surface area contributed by atoms with Gasteiger partial charge in [0.15, 0.2) is 0 Å². The molecule has 0 heteroatoms. The summed E-state index contributed by atoms with van der Waals surface area (Å²) < 4.78 is 0. The maximum atomic E-state index is 3.75. The van der Waals surface area contributed by atoms with E-state index >= 15 is 0 Å². The van der Waals surface area contributed by atoms with Gasteiger partial charge < -0.3 is 0 Å². The molecule has 1 aliphatic carbocycles. The minimum Gasteiger partial charge on any atom is -0.103 e. The lowest BCUT2D eigenvalue weighted by Gasteiger charge is -2.32. The molecule has 0 radical (unpaired) electrons. The van der Waals surface area contributed by atoms with Crippen LogP contribution in [0.4, 0.5) is 0 Å². The van der Waals surface area contributed by atoms with E-state index < -0.39 is 0 Å². The van der Waals surface area contributed by atoms with Gasteiger partial charge in [0.1, 0.15) is 0 Å². The van der Waals surface area contributed by atoms with E-state index in [1.165, 1.54) is 19.3 Å². The van der Waals surface area contributed by atoms with Crippen molar-refractivity contribution in [2.45, 2.75) is 26.2 Å². The van der Waals surface area contributed by atoms with Crippen LogP contribution < -0.4 is 0 Å². The Hall–Kier alpha value is -0.260. The average Bonchev–Trinajstić information content (AvgIpc) is 1.65. The summed E-state index contributed by atoms with van der Waals surface area (Å²) in [7, 11) is 0. The van der Waals surface area contributed by atoms with E-state index in [1.807, 2.05) is 0 Å². The van der Waals surface area contributed by atoms with Crippen LogP contribution >= 0.6 is 0 Å². The molecule has 1 saturated carbocycles. The third kappa shape index (κ3) is 0.936. The smallest absolute Gasteiger partial charge is 0.0231 e. The van der Waals surface area contributed by atoms with Gasteiger partial charge in [-0.3, -0.25) is 0 Å². The first-order valence-electron chi connectivity index (χ1n) is 3.49. The Kier molecular flexibility index (Phi) is 1.72. The molecule has 0 atom stereocenters. The van der Waals surface area contributed by atoms with E-state index in [-0.39, 0.29) is 0 Å². The van der Waals surface area contributed by atoms with Crippen molar-refractivity contribution in [1.29, 1.82) is 0 Å². The average molecular weight is 110 g/mol. The van der Waals surface area contributed by atoms with Crippen LogP contribution in [-0.2, 0) is 0 Å². The first-order chi connectivity index (χ1) is 3.86. The Morgan fingerprint density at radius 2 is 2.25 bits per heavy atom. The fourth-order valence-electron chi connectivity index (χ4n) is 1.31. The van der Waals surface area contributed by atoms with Crippen LogP contribution in [-0.4, -0.2) is 0 Å². The summed E-state index contributed by atoms with van der Waals surface area (Å²) in [6.45, 7) is 6.02. The molecule has 1 aliphatic rings. The lowest BCUT2D eigenvalue weighted by atomic mass is 9.74. The first-order valence-corrected chi connectivity index (χ1v) is 3.49. The van der Waals surface area contributed by atoms with Crippen LogP contribution in [0.2, 0.25) is 0 Å². The Morgan fingerprint density at radius 3 is 2.62 bits per heavy atom. The van der Waals surface area contributed by atoms with Crippen LogP contribution in [0.5, 0.6) is 0 Å². The fourth-order valence-corrected chi connectivity index (χ4v) is 1.31. The SMILES string of the molecule is C=CC1CC(CC)C1. The molecular weight excluding hydrogens is 96.1 g/mol. The highest BCUT2D eigenvalue weighted by Crippen LogP contribution is 2.35. The molecule has 0 aromatic carbocycles. The lowest BCUT2D eigenvalue weighted by Crippen LogP contribution is -2.20. The van der Waals surface area contributed by atoms with Crippen molar-refractivity contribution in [2.24, 2.45) is 11.8 Å². The van der Waals surface area contributed by atoms with Crippen molar-refractivity contribution < 1.29 is 0 Å². The molecule has 0 aromatic heterocycles. The molecule has 0 bridgehead atoms. The van der Waals surface area contributed by atoms with E-state index in [0.717, 1.165) is 11.8 Å². The van der Waals surface area contributed by atoms with Crippen molar-refractivity contribution in [3.8, 4) is 0 Å². The Labute approximate surface area is 51.6 Å². The van der Waals surface area contributed by atoms with E-state index in [2.05, 4.69) is 19.6 Å². The van der Waals surface area contributed by atoms with E-state index in [4.69, 9.17) is 0 Å². The lowest BCUT2D eigenvalue weighted by molar-refractivity contribution is 0.233. The summed E-state index contributed by atoms with van der Waals surface area (Å²) in [6, 6.07) is 0. The van der Waals surface area contributed by atoms with Crippen molar-refractivity contribution in [3.63, 3.8) is 0 Å². The van der Waals surface area contributed by atoms with Gasteiger partial charge in [0, 0.05) is 0 Å². The van der Waals surface area contributed by atoms with Crippen LogP contribution in [0.3, 0.4) is 0 Å². The molecule has 0 nitrogen and oxygen atoms in total. The Balaban J connectivity index is 2.11. The maximum Gasteiger partial charge on any atom is -0.0231 e. The van der Waals surface area contributed by atoms with Gasteiger partial charge >= 0.3 is 0 Å². The quantitative estimate of drug-likeness (QED) is 0.479. The van der Waals surface area contributed by atoms with Crippen molar-refractivity contribution >= 4 is 0 Å². The molecule has 0 spiro atoms. The summed E-state index contributed by atoms with van der Waals surface area (Å²) in [5.41, 5.74) is 0. The topological polar surface area (TPSA) is 0 Å². The summed E-state index contributed by atoms with van der Waals surface area (Å²) in [5, 5.41) is 0. The zero-order valence-electron chi connectivity index (χ0n) is 5.56. The van der Waals surface area contributed by atoms with E-state index in [0.29, 0.717) is 0 Å². The third-order valence-electron chi connectivity index (χ3n) is 2.18. The second-order valence-corrected chi connectivity index (χ2v) is 2.74. The zero-order valence-corrected chi connectivity index (χ0v) is 5.56. The molecule has 46 valence electrons. The van der Waals surface area contributed by atoms with Gasteiger partial charge in [-0.1, -0.05) is 19.4 Å². The maximum absolute atomic E-state index is 3.75. The molecule has 0 aliphatic heterocycles. The largest absolute Gasteiger partial charge is 0.103 e. The summed E-state index contributed by atoms with van der Waals surface area (Å²) in [5.74, 6) is 1.89. The summed E-state index contributed by atoms with van der Waals surface area (Å²) >= 11 is 0. The molecule has 1 rings (SSSR count). The molecule has 0 N–H and O–H groups in total. The summed E-state index contributed by atoms with van der Waals surface area (Å²) in [4.78, 5) is 0. The number of allylic oxidation sites excluding steroid dienone is 1. The minimum absolute atomic E-state index is 0.861. The van der Waals surface area contributed by atoms with E-state index in [9.17, 15) is 0 Å². The van der Waals surface area contributed by atoms with Crippen LogP contribution in [0.25, 0.3) is 0 Å². The Morgan fingerprint density at radius 1 is 1.62 bits per heavy atom. The van der Waals surface area contributed by atoms with Gasteiger partial charge in [0.05, 0.1) is 0 Å². The standard InChI is InChI=1S/C8H14/c1-3-7-5-8(4-2)6-7/h3,7-8H,1,4-6H2,2H3. The number of rotatable bonds is 2. The van der Waals surface area contributed by atoms with Gasteiger partial charge in [-0.15, -0.1) is 6.58 Å². The predicted molar refractivity (Wildman–Crippen MR) is 36.7 cm³/mol. The van der Waals surface area contributed by atoms with Gasteiger partial charge in [-0.25, -0.2) is 0 Å². The predicted octanol–water partition coefficient (Wildman–Crippen LogP) is 2.61. The van der Waals surface area contributed by atoms with Gasteiger partial charge in [-0.2, -0.15) is 0 Å². The molecular formula is C8H14. The monoisotopic (exact) mass is 110 g/mol. The van der Waals surface area contributed by atoms with Crippen LogP contribution in [0.15, 0.2) is 12.7 Å². The van der Waals surface area contributed by atoms with Crippen LogP contribution in [0.1, 0.15) is 26.2 Å². The summed E-state index contributed by atoms with van der Waals surface area (Å²) in [6.07, 6.45) is 6.26. The van der Waals surface area contributed by atoms with Crippen molar-refractivity contribution in [1.82, 2.24) is 0 Å². The molecule has 0 saturated heterocycles. The highest BCUT2D eigenvalue weighted by molar-refractivity contribution is 4.89. The fraction of sp³-hybridized carbons (Fsp3) is 0.750. The van der Waals surface area contributed by atoms with Crippen molar-refractivity contribution in [2.75, 3.05) is 0 Å². The normalized spacial score (nSPS) is 36.1. The number of hydrogen-bond acceptors (Lipinski definition) is 0. The van der Waals surface area contributed by atoms with Gasteiger partial charge in [0.2, 0.25) is 0 Å². The van der Waals surface area contributed by atoms with Crippen LogP contribution in [0, 0.1) is 11.8 Å².